The zero-order valence-electron chi connectivity index (χ0n) is 11.7. The maximum Gasteiger partial charge on any atom is 0.312 e. The van der Waals surface area contributed by atoms with Crippen molar-refractivity contribution in [2.24, 2.45) is 0 Å². The van der Waals surface area contributed by atoms with Crippen LogP contribution in [0.3, 0.4) is 0 Å². The lowest BCUT2D eigenvalue weighted by atomic mass is 10.2. The SMILES string of the molecule is CNc1cccc(S(=O)(=O)NN2CCCCC2)c1[N+](=O)[O-]. The molecule has 0 bridgehead atoms. The highest BCUT2D eigenvalue weighted by atomic mass is 32.2. The summed E-state index contributed by atoms with van der Waals surface area (Å²) in [6.45, 7) is 1.22. The third kappa shape index (κ3) is 3.49. The van der Waals surface area contributed by atoms with Gasteiger partial charge in [-0.25, -0.2) is 13.4 Å². The molecule has 1 fully saturated rings. The van der Waals surface area contributed by atoms with Gasteiger partial charge in [-0.2, -0.15) is 0 Å². The van der Waals surface area contributed by atoms with Gasteiger partial charge < -0.3 is 5.32 Å². The lowest BCUT2D eigenvalue weighted by Gasteiger charge is -2.26. The highest BCUT2D eigenvalue weighted by Crippen LogP contribution is 2.31. The Bertz CT molecular complexity index is 626. The molecule has 0 amide bonds. The van der Waals surface area contributed by atoms with Crippen molar-refractivity contribution in [3.63, 3.8) is 0 Å². The van der Waals surface area contributed by atoms with Gasteiger partial charge >= 0.3 is 5.69 Å². The predicted molar refractivity (Wildman–Crippen MR) is 78.4 cm³/mol. The molecule has 8 nitrogen and oxygen atoms in total. The molecule has 1 aromatic carbocycles. The maximum absolute atomic E-state index is 12.4. The molecule has 1 aliphatic rings. The standard InChI is InChI=1S/C12H18N4O4S/c1-13-10-6-5-7-11(12(10)16(17)18)21(19,20)14-15-8-3-2-4-9-15/h5-7,13-14H,2-4,8-9H2,1H3. The van der Waals surface area contributed by atoms with E-state index in [0.29, 0.717) is 13.1 Å². The highest BCUT2D eigenvalue weighted by molar-refractivity contribution is 7.89. The molecule has 1 heterocycles. The van der Waals surface area contributed by atoms with Crippen LogP contribution in [0.1, 0.15) is 19.3 Å². The molecule has 116 valence electrons. The van der Waals surface area contributed by atoms with Crippen LogP contribution in [-0.2, 0) is 10.0 Å². The number of rotatable bonds is 5. The number of benzene rings is 1. The largest absolute Gasteiger partial charge is 0.383 e. The average molecular weight is 314 g/mol. The van der Waals surface area contributed by atoms with E-state index in [4.69, 9.17) is 0 Å². The minimum Gasteiger partial charge on any atom is -0.383 e. The number of anilines is 1. The Labute approximate surface area is 123 Å². The summed E-state index contributed by atoms with van der Waals surface area (Å²) in [4.78, 5) is 12.6. The van der Waals surface area contributed by atoms with E-state index in [2.05, 4.69) is 10.1 Å². The van der Waals surface area contributed by atoms with E-state index in [0.717, 1.165) is 19.3 Å². The summed E-state index contributed by atoms with van der Waals surface area (Å²) in [5, 5.41) is 15.4. The van der Waals surface area contributed by atoms with Crippen LogP contribution in [0.2, 0.25) is 0 Å². The average Bonchev–Trinajstić information content (AvgIpc) is 2.46. The number of para-hydroxylation sites is 1. The van der Waals surface area contributed by atoms with Crippen LogP contribution >= 0.6 is 0 Å². The van der Waals surface area contributed by atoms with Crippen molar-refractivity contribution >= 4 is 21.4 Å². The lowest BCUT2D eigenvalue weighted by Crippen LogP contribution is -2.45. The molecular weight excluding hydrogens is 296 g/mol. The number of hydrogen-bond donors (Lipinski definition) is 2. The number of nitrogens with zero attached hydrogens (tertiary/aromatic N) is 2. The summed E-state index contributed by atoms with van der Waals surface area (Å²) >= 11 is 0. The van der Waals surface area contributed by atoms with E-state index in [9.17, 15) is 18.5 Å². The number of piperidine rings is 1. The van der Waals surface area contributed by atoms with Crippen molar-refractivity contribution in [3.8, 4) is 0 Å². The molecule has 2 rings (SSSR count). The van der Waals surface area contributed by atoms with Crippen LogP contribution in [0, 0.1) is 10.1 Å². The normalized spacial score (nSPS) is 16.6. The molecule has 21 heavy (non-hydrogen) atoms. The minimum atomic E-state index is -3.97. The van der Waals surface area contributed by atoms with Crippen LogP contribution in [-0.4, -0.2) is 38.5 Å². The predicted octanol–water partition coefficient (Wildman–Crippen LogP) is 1.32. The van der Waals surface area contributed by atoms with Gasteiger partial charge in [0.1, 0.15) is 5.69 Å². The molecule has 0 aromatic heterocycles. The van der Waals surface area contributed by atoms with Crippen molar-refractivity contribution in [2.75, 3.05) is 25.5 Å². The fraction of sp³-hybridized carbons (Fsp3) is 0.500. The first-order chi connectivity index (χ1) is 9.95. The Kier molecular flexibility index (Phi) is 4.76. The second-order valence-corrected chi connectivity index (χ2v) is 6.43. The number of hydrazine groups is 1. The van der Waals surface area contributed by atoms with Crippen LogP contribution in [0.5, 0.6) is 0 Å². The van der Waals surface area contributed by atoms with Gasteiger partial charge in [-0.3, -0.25) is 10.1 Å². The fourth-order valence-electron chi connectivity index (χ4n) is 2.33. The number of nitrogens with one attached hydrogen (secondary N) is 2. The topological polar surface area (TPSA) is 105 Å². The van der Waals surface area contributed by atoms with Gasteiger partial charge in [0.25, 0.3) is 10.0 Å². The van der Waals surface area contributed by atoms with Crippen LogP contribution in [0.15, 0.2) is 23.1 Å². The molecule has 1 aromatic rings. The molecule has 0 saturated carbocycles. The second kappa shape index (κ2) is 6.37. The van der Waals surface area contributed by atoms with Crippen molar-refractivity contribution in [3.05, 3.63) is 28.3 Å². The Morgan fingerprint density at radius 2 is 1.90 bits per heavy atom. The summed E-state index contributed by atoms with van der Waals surface area (Å²) in [7, 11) is -2.46. The maximum atomic E-state index is 12.4. The molecule has 1 aliphatic heterocycles. The molecule has 2 N–H and O–H groups in total. The number of hydrogen-bond acceptors (Lipinski definition) is 6. The van der Waals surface area contributed by atoms with Crippen molar-refractivity contribution in [1.82, 2.24) is 9.84 Å². The van der Waals surface area contributed by atoms with E-state index in [-0.39, 0.29) is 10.6 Å². The quantitative estimate of drug-likeness (QED) is 0.627. The molecule has 0 atom stereocenters. The fourth-order valence-corrected chi connectivity index (χ4v) is 3.65. The summed E-state index contributed by atoms with van der Waals surface area (Å²) in [6.07, 6.45) is 2.87. The zero-order chi connectivity index (χ0) is 15.5. The summed E-state index contributed by atoms with van der Waals surface area (Å²) in [5.41, 5.74) is -0.272. The van der Waals surface area contributed by atoms with Gasteiger partial charge in [0.05, 0.1) is 4.92 Å². The third-order valence-electron chi connectivity index (χ3n) is 3.35. The van der Waals surface area contributed by atoms with Gasteiger partial charge in [0.2, 0.25) is 0 Å². The Morgan fingerprint density at radius 1 is 1.24 bits per heavy atom. The monoisotopic (exact) mass is 314 g/mol. The first kappa shape index (κ1) is 15.7. The smallest absolute Gasteiger partial charge is 0.312 e. The van der Waals surface area contributed by atoms with Crippen molar-refractivity contribution < 1.29 is 13.3 Å². The Hall–Kier alpha value is -1.71. The van der Waals surface area contributed by atoms with Gasteiger partial charge in [-0.05, 0) is 25.0 Å². The van der Waals surface area contributed by atoms with E-state index in [1.807, 2.05) is 0 Å². The van der Waals surface area contributed by atoms with Crippen LogP contribution in [0.25, 0.3) is 0 Å². The molecule has 9 heteroatoms. The van der Waals surface area contributed by atoms with Crippen LogP contribution in [0.4, 0.5) is 11.4 Å². The van der Waals surface area contributed by atoms with Gasteiger partial charge in [0.15, 0.2) is 4.90 Å². The molecule has 0 spiro atoms. The van der Waals surface area contributed by atoms with Crippen LogP contribution < -0.4 is 10.1 Å². The van der Waals surface area contributed by atoms with Crippen molar-refractivity contribution in [2.45, 2.75) is 24.2 Å². The van der Waals surface area contributed by atoms with E-state index >= 15 is 0 Å². The van der Waals surface area contributed by atoms with E-state index in [1.165, 1.54) is 25.2 Å². The molecular formula is C12H18N4O4S. The zero-order valence-corrected chi connectivity index (χ0v) is 12.5. The Balaban J connectivity index is 2.37. The molecule has 1 saturated heterocycles. The Morgan fingerprint density at radius 3 is 2.48 bits per heavy atom. The van der Waals surface area contributed by atoms with E-state index < -0.39 is 20.6 Å². The molecule has 0 unspecified atom stereocenters. The lowest BCUT2D eigenvalue weighted by molar-refractivity contribution is -0.386. The summed E-state index contributed by atoms with van der Waals surface area (Å²) in [6, 6.07) is 4.19. The summed E-state index contributed by atoms with van der Waals surface area (Å²) < 4.78 is 24.8. The summed E-state index contributed by atoms with van der Waals surface area (Å²) in [5.74, 6) is 0. The number of nitro benzene ring substituents is 1. The second-order valence-electron chi connectivity index (χ2n) is 4.80. The van der Waals surface area contributed by atoms with Gasteiger partial charge in [-0.1, -0.05) is 12.5 Å². The minimum absolute atomic E-state index is 0.168. The highest BCUT2D eigenvalue weighted by Gasteiger charge is 2.30. The molecule has 0 aliphatic carbocycles. The van der Waals surface area contributed by atoms with Crippen molar-refractivity contribution in [1.29, 1.82) is 0 Å². The molecule has 0 radical (unpaired) electrons. The first-order valence-electron chi connectivity index (χ1n) is 6.68. The number of nitro groups is 1. The third-order valence-corrected chi connectivity index (χ3v) is 4.75. The number of sulfonamides is 1. The van der Waals surface area contributed by atoms with Gasteiger partial charge in [0, 0.05) is 20.1 Å². The van der Waals surface area contributed by atoms with E-state index in [1.54, 1.807) is 5.01 Å². The first-order valence-corrected chi connectivity index (χ1v) is 8.16. The van der Waals surface area contributed by atoms with Gasteiger partial charge in [-0.15, -0.1) is 4.83 Å².